The zero-order valence-electron chi connectivity index (χ0n) is 11.5. The number of aliphatic hydroxyl groups is 1. The Kier molecular flexibility index (Phi) is 4.35. The highest BCUT2D eigenvalue weighted by Gasteiger charge is 2.14. The van der Waals surface area contributed by atoms with Crippen LogP contribution in [0.15, 0.2) is 36.4 Å². The molecule has 2 rings (SSSR count). The maximum atomic E-state index is 13.9. The number of hydrogen-bond donors (Lipinski definition) is 2. The van der Waals surface area contributed by atoms with Crippen molar-refractivity contribution >= 4 is 5.69 Å². The monoisotopic (exact) mass is 277 g/mol. The average molecular weight is 277 g/mol. The van der Waals surface area contributed by atoms with Gasteiger partial charge in [0.15, 0.2) is 0 Å². The van der Waals surface area contributed by atoms with Crippen molar-refractivity contribution in [2.24, 2.45) is 0 Å². The molecule has 0 saturated heterocycles. The van der Waals surface area contributed by atoms with Gasteiger partial charge in [0.2, 0.25) is 0 Å². The lowest BCUT2D eigenvalue weighted by Gasteiger charge is -2.19. The molecule has 2 aromatic carbocycles. The number of anilines is 1. The highest BCUT2D eigenvalue weighted by molar-refractivity contribution is 5.52. The largest absolute Gasteiger partial charge is 0.392 e. The first-order valence-electron chi connectivity index (χ1n) is 6.43. The number of halogens is 2. The first kappa shape index (κ1) is 14.5. The second kappa shape index (κ2) is 6.01. The lowest BCUT2D eigenvalue weighted by Crippen LogP contribution is -2.11. The fraction of sp³-hybridized carbons (Fsp3) is 0.250. The van der Waals surface area contributed by atoms with Crippen LogP contribution in [0, 0.1) is 18.6 Å². The van der Waals surface area contributed by atoms with E-state index in [0.717, 1.165) is 0 Å². The molecule has 0 spiro atoms. The molecule has 0 aliphatic carbocycles. The summed E-state index contributed by atoms with van der Waals surface area (Å²) < 4.78 is 27.5. The van der Waals surface area contributed by atoms with Crippen LogP contribution in [0.3, 0.4) is 0 Å². The van der Waals surface area contributed by atoms with Gasteiger partial charge in [-0.15, -0.1) is 0 Å². The smallest absolute Gasteiger partial charge is 0.128 e. The van der Waals surface area contributed by atoms with Gasteiger partial charge in [0, 0.05) is 16.8 Å². The van der Waals surface area contributed by atoms with Crippen molar-refractivity contribution in [1.82, 2.24) is 0 Å². The molecule has 2 aromatic rings. The number of hydrogen-bond acceptors (Lipinski definition) is 2. The van der Waals surface area contributed by atoms with Crippen LogP contribution in [0.1, 0.15) is 29.7 Å². The molecule has 1 unspecified atom stereocenters. The maximum Gasteiger partial charge on any atom is 0.128 e. The van der Waals surface area contributed by atoms with Gasteiger partial charge in [-0.1, -0.05) is 18.2 Å². The Balaban J connectivity index is 2.28. The molecule has 4 heteroatoms. The number of nitrogens with one attached hydrogen (secondary N) is 1. The van der Waals surface area contributed by atoms with E-state index < -0.39 is 17.7 Å². The third-order valence-electron chi connectivity index (χ3n) is 3.30. The van der Waals surface area contributed by atoms with Crippen molar-refractivity contribution in [2.45, 2.75) is 26.5 Å². The molecule has 0 radical (unpaired) electrons. The minimum Gasteiger partial charge on any atom is -0.392 e. The van der Waals surface area contributed by atoms with Crippen LogP contribution in [0.5, 0.6) is 0 Å². The van der Waals surface area contributed by atoms with Crippen molar-refractivity contribution in [3.05, 3.63) is 64.7 Å². The van der Waals surface area contributed by atoms with E-state index in [-0.39, 0.29) is 17.7 Å². The summed E-state index contributed by atoms with van der Waals surface area (Å²) in [5, 5.41) is 12.4. The van der Waals surface area contributed by atoms with E-state index in [0.29, 0.717) is 11.3 Å². The number of para-hydroxylation sites is 1. The van der Waals surface area contributed by atoms with Gasteiger partial charge >= 0.3 is 0 Å². The second-order valence-electron chi connectivity index (χ2n) is 4.80. The van der Waals surface area contributed by atoms with Crippen LogP contribution in [-0.2, 0) is 6.61 Å². The molecular weight excluding hydrogens is 260 g/mol. The van der Waals surface area contributed by atoms with Crippen LogP contribution in [0.2, 0.25) is 0 Å². The normalized spacial score (nSPS) is 12.2. The zero-order valence-corrected chi connectivity index (χ0v) is 11.5. The van der Waals surface area contributed by atoms with E-state index in [1.807, 2.05) is 12.1 Å². The predicted molar refractivity (Wildman–Crippen MR) is 75.5 cm³/mol. The third-order valence-corrected chi connectivity index (χ3v) is 3.30. The molecule has 0 aliphatic heterocycles. The molecule has 0 amide bonds. The minimum atomic E-state index is -0.439. The summed E-state index contributed by atoms with van der Waals surface area (Å²) in [7, 11) is 0. The molecule has 0 aliphatic rings. The standard InChI is InChI=1S/C16H17F2NO/c1-10-7-15(18)13(8-14(10)17)11(2)19-16-6-4-3-5-12(16)9-20/h3-8,11,19-20H,9H2,1-2H3. The van der Waals surface area contributed by atoms with Gasteiger partial charge in [0.25, 0.3) is 0 Å². The van der Waals surface area contributed by atoms with Crippen LogP contribution < -0.4 is 5.32 Å². The minimum absolute atomic E-state index is 0.110. The molecule has 0 saturated carbocycles. The summed E-state index contributed by atoms with van der Waals surface area (Å²) in [5.74, 6) is -0.865. The van der Waals surface area contributed by atoms with Gasteiger partial charge in [-0.25, -0.2) is 8.78 Å². The van der Waals surface area contributed by atoms with Crippen LogP contribution in [-0.4, -0.2) is 5.11 Å². The van der Waals surface area contributed by atoms with E-state index in [4.69, 9.17) is 0 Å². The van der Waals surface area contributed by atoms with Crippen molar-refractivity contribution in [1.29, 1.82) is 0 Å². The highest BCUT2D eigenvalue weighted by Crippen LogP contribution is 2.25. The fourth-order valence-electron chi connectivity index (χ4n) is 2.10. The van der Waals surface area contributed by atoms with E-state index in [1.165, 1.54) is 19.1 Å². The predicted octanol–water partition coefficient (Wildman–Crippen LogP) is 3.94. The first-order chi connectivity index (χ1) is 9.52. The summed E-state index contributed by atoms with van der Waals surface area (Å²) in [5.41, 5.74) is 1.98. The summed E-state index contributed by atoms with van der Waals surface area (Å²) in [6.07, 6.45) is 0. The van der Waals surface area contributed by atoms with Crippen LogP contribution in [0.4, 0.5) is 14.5 Å². The maximum absolute atomic E-state index is 13.9. The molecule has 2 N–H and O–H groups in total. The van der Waals surface area contributed by atoms with Crippen LogP contribution >= 0.6 is 0 Å². The van der Waals surface area contributed by atoms with Crippen molar-refractivity contribution < 1.29 is 13.9 Å². The van der Waals surface area contributed by atoms with E-state index in [2.05, 4.69) is 5.32 Å². The fourth-order valence-corrected chi connectivity index (χ4v) is 2.10. The van der Waals surface area contributed by atoms with Crippen LogP contribution in [0.25, 0.3) is 0 Å². The van der Waals surface area contributed by atoms with E-state index >= 15 is 0 Å². The molecule has 1 atom stereocenters. The summed E-state index contributed by atoms with van der Waals surface area (Å²) in [4.78, 5) is 0. The Labute approximate surface area is 117 Å². The number of benzene rings is 2. The van der Waals surface area contributed by atoms with E-state index in [1.54, 1.807) is 19.1 Å². The summed E-state index contributed by atoms with van der Waals surface area (Å²) in [6, 6.07) is 9.21. The number of aryl methyl sites for hydroxylation is 1. The third kappa shape index (κ3) is 2.96. The molecule has 20 heavy (non-hydrogen) atoms. The lowest BCUT2D eigenvalue weighted by molar-refractivity contribution is 0.282. The molecular formula is C16H17F2NO. The Bertz CT molecular complexity index is 613. The Morgan fingerprint density at radius 2 is 1.85 bits per heavy atom. The molecule has 0 bridgehead atoms. The Morgan fingerprint density at radius 1 is 1.15 bits per heavy atom. The topological polar surface area (TPSA) is 32.3 Å². The van der Waals surface area contributed by atoms with Crippen molar-refractivity contribution in [3.8, 4) is 0 Å². The van der Waals surface area contributed by atoms with E-state index in [9.17, 15) is 13.9 Å². The SMILES string of the molecule is Cc1cc(F)c(C(C)Nc2ccccc2CO)cc1F. The molecule has 106 valence electrons. The molecule has 0 heterocycles. The van der Waals surface area contributed by atoms with Gasteiger partial charge in [0.05, 0.1) is 12.6 Å². The molecule has 0 aromatic heterocycles. The molecule has 0 fully saturated rings. The van der Waals surface area contributed by atoms with Gasteiger partial charge in [0.1, 0.15) is 11.6 Å². The number of rotatable bonds is 4. The Hall–Kier alpha value is -1.94. The Morgan fingerprint density at radius 3 is 2.55 bits per heavy atom. The van der Waals surface area contributed by atoms with Gasteiger partial charge < -0.3 is 10.4 Å². The number of aliphatic hydroxyl groups excluding tert-OH is 1. The highest BCUT2D eigenvalue weighted by atomic mass is 19.1. The summed E-state index contributed by atoms with van der Waals surface area (Å²) >= 11 is 0. The average Bonchev–Trinajstić information content (AvgIpc) is 2.43. The lowest BCUT2D eigenvalue weighted by atomic mass is 10.0. The summed E-state index contributed by atoms with van der Waals surface area (Å²) in [6.45, 7) is 3.17. The molecule has 2 nitrogen and oxygen atoms in total. The van der Waals surface area contributed by atoms with Gasteiger partial charge in [-0.2, -0.15) is 0 Å². The van der Waals surface area contributed by atoms with Crippen molar-refractivity contribution in [3.63, 3.8) is 0 Å². The van der Waals surface area contributed by atoms with Gasteiger partial charge in [-0.05, 0) is 37.6 Å². The second-order valence-corrected chi connectivity index (χ2v) is 4.80. The first-order valence-corrected chi connectivity index (χ1v) is 6.43. The zero-order chi connectivity index (χ0) is 14.7. The van der Waals surface area contributed by atoms with Gasteiger partial charge in [-0.3, -0.25) is 0 Å². The van der Waals surface area contributed by atoms with Crippen molar-refractivity contribution in [2.75, 3.05) is 5.32 Å². The quantitative estimate of drug-likeness (QED) is 0.887.